The number of carbonyl (C=O) groups is 3. The highest BCUT2D eigenvalue weighted by molar-refractivity contribution is 7.16. The fourth-order valence-corrected chi connectivity index (χ4v) is 4.98. The number of rotatable bonds is 7. The van der Waals surface area contributed by atoms with Gasteiger partial charge in [-0.05, 0) is 46.5 Å². The molecule has 0 unspecified atom stereocenters. The molecule has 5 rings (SSSR count). The van der Waals surface area contributed by atoms with Gasteiger partial charge < -0.3 is 15.0 Å². The van der Waals surface area contributed by atoms with Crippen LogP contribution in [0.25, 0.3) is 21.3 Å². The lowest BCUT2D eigenvalue weighted by Gasteiger charge is -2.25. The maximum absolute atomic E-state index is 13.0. The smallest absolute Gasteiger partial charge is 0.321 e. The van der Waals surface area contributed by atoms with Crippen LogP contribution in [0.3, 0.4) is 0 Å². The van der Waals surface area contributed by atoms with E-state index >= 15 is 0 Å². The molecule has 2 N–H and O–H groups in total. The molecule has 0 aliphatic carbocycles. The van der Waals surface area contributed by atoms with Gasteiger partial charge in [-0.1, -0.05) is 36.4 Å². The van der Waals surface area contributed by atoms with Crippen LogP contribution in [0.1, 0.15) is 27.5 Å². The Hall–Kier alpha value is -4.24. The largest absolute Gasteiger partial charge is 0.497 e. The predicted octanol–water partition coefficient (Wildman–Crippen LogP) is 4.12. The Morgan fingerprint density at radius 1 is 1.14 bits per heavy atom. The van der Waals surface area contributed by atoms with E-state index in [1.807, 2.05) is 54.0 Å². The van der Waals surface area contributed by atoms with Crippen molar-refractivity contribution in [2.45, 2.75) is 12.6 Å². The van der Waals surface area contributed by atoms with Crippen LogP contribution in [-0.4, -0.2) is 41.9 Å². The van der Waals surface area contributed by atoms with Crippen molar-refractivity contribution in [3.05, 3.63) is 82.9 Å². The summed E-state index contributed by atoms with van der Waals surface area (Å²) in [6, 6.07) is 18.2. The van der Waals surface area contributed by atoms with E-state index < -0.39 is 12.1 Å². The maximum Gasteiger partial charge on any atom is 0.321 e. The van der Waals surface area contributed by atoms with Gasteiger partial charge in [0.05, 0.1) is 28.9 Å². The summed E-state index contributed by atoms with van der Waals surface area (Å²) < 4.78 is 6.36. The van der Waals surface area contributed by atoms with Crippen molar-refractivity contribution in [3.8, 4) is 16.9 Å². The second-order valence-electron chi connectivity index (χ2n) is 8.15. The molecule has 2 heterocycles. The van der Waals surface area contributed by atoms with Crippen molar-refractivity contribution in [2.24, 2.45) is 0 Å². The van der Waals surface area contributed by atoms with Gasteiger partial charge in [-0.3, -0.25) is 14.9 Å². The number of aromatic nitrogens is 1. The molecular weight excluding hydrogens is 464 g/mol. The van der Waals surface area contributed by atoms with Crippen LogP contribution in [-0.2, 0) is 11.3 Å². The number of thiazole rings is 1. The zero-order valence-electron chi connectivity index (χ0n) is 18.9. The monoisotopic (exact) mass is 486 g/mol. The van der Waals surface area contributed by atoms with Gasteiger partial charge in [0.2, 0.25) is 6.41 Å². The SMILES string of the molecule is COc1ccc2c(c1)C(=O)N(C[C@H](NC(=O)NC=O)c1ccc(-c3ccc4ncsc4c3)cc1)C2. The highest BCUT2D eigenvalue weighted by atomic mass is 32.1. The normalized spacial score (nSPS) is 13.4. The molecule has 0 spiro atoms. The Bertz CT molecular complexity index is 1420. The fourth-order valence-electron chi connectivity index (χ4n) is 4.27. The molecule has 1 aromatic heterocycles. The Labute approximate surface area is 205 Å². The molecule has 4 amide bonds. The quantitative estimate of drug-likeness (QED) is 0.383. The van der Waals surface area contributed by atoms with Crippen molar-refractivity contribution >= 4 is 39.9 Å². The number of benzene rings is 3. The molecule has 1 aliphatic rings. The van der Waals surface area contributed by atoms with Crippen LogP contribution in [0, 0.1) is 0 Å². The number of nitrogens with zero attached hydrogens (tertiary/aromatic N) is 2. The molecular formula is C26H22N4O4S. The van der Waals surface area contributed by atoms with Crippen LogP contribution in [0.5, 0.6) is 5.75 Å². The fraction of sp³-hybridized carbons (Fsp3) is 0.154. The summed E-state index contributed by atoms with van der Waals surface area (Å²) in [6.07, 6.45) is 0.328. The predicted molar refractivity (Wildman–Crippen MR) is 133 cm³/mol. The number of hydrogen-bond donors (Lipinski definition) is 2. The highest BCUT2D eigenvalue weighted by Crippen LogP contribution is 2.30. The first-order chi connectivity index (χ1) is 17.1. The Kier molecular flexibility index (Phi) is 6.15. The van der Waals surface area contributed by atoms with Crippen molar-refractivity contribution in [3.63, 3.8) is 0 Å². The topological polar surface area (TPSA) is 101 Å². The van der Waals surface area contributed by atoms with Gasteiger partial charge in [0, 0.05) is 18.7 Å². The third-order valence-electron chi connectivity index (χ3n) is 6.07. The summed E-state index contributed by atoms with van der Waals surface area (Å²) in [5.41, 5.74) is 7.19. The third kappa shape index (κ3) is 4.58. The van der Waals surface area contributed by atoms with E-state index in [1.54, 1.807) is 29.4 Å². The average molecular weight is 487 g/mol. The third-order valence-corrected chi connectivity index (χ3v) is 6.86. The average Bonchev–Trinajstić information content (AvgIpc) is 3.47. The van der Waals surface area contributed by atoms with E-state index in [-0.39, 0.29) is 12.5 Å². The van der Waals surface area contributed by atoms with Gasteiger partial charge in [-0.25, -0.2) is 9.78 Å². The first-order valence-electron chi connectivity index (χ1n) is 11.0. The zero-order valence-corrected chi connectivity index (χ0v) is 19.7. The minimum absolute atomic E-state index is 0.129. The molecule has 0 radical (unpaired) electrons. The number of ether oxygens (including phenoxy) is 1. The van der Waals surface area contributed by atoms with Crippen LogP contribution in [0.15, 0.2) is 66.2 Å². The first kappa shape index (κ1) is 22.5. The number of hydrogen-bond acceptors (Lipinski definition) is 6. The summed E-state index contributed by atoms with van der Waals surface area (Å²) in [7, 11) is 1.56. The summed E-state index contributed by atoms with van der Waals surface area (Å²) in [5, 5.41) is 4.91. The van der Waals surface area contributed by atoms with Crippen molar-refractivity contribution < 1.29 is 19.1 Å². The minimum atomic E-state index is -0.629. The molecule has 8 nitrogen and oxygen atoms in total. The lowest BCUT2D eigenvalue weighted by molar-refractivity contribution is -0.108. The van der Waals surface area contributed by atoms with E-state index in [4.69, 9.17) is 4.74 Å². The molecule has 9 heteroatoms. The summed E-state index contributed by atoms with van der Waals surface area (Å²) in [6.45, 7) is 0.673. The molecule has 0 saturated carbocycles. The van der Waals surface area contributed by atoms with Crippen LogP contribution >= 0.6 is 11.3 Å². The number of nitrogens with one attached hydrogen (secondary N) is 2. The van der Waals surface area contributed by atoms with Gasteiger partial charge in [0.1, 0.15) is 5.75 Å². The van der Waals surface area contributed by atoms with Crippen molar-refractivity contribution in [2.75, 3.05) is 13.7 Å². The van der Waals surface area contributed by atoms with E-state index in [0.717, 1.165) is 32.5 Å². The molecule has 0 fully saturated rings. The lowest BCUT2D eigenvalue weighted by atomic mass is 10.00. The Balaban J connectivity index is 1.39. The second kappa shape index (κ2) is 9.55. The number of imide groups is 1. The summed E-state index contributed by atoms with van der Waals surface area (Å²) >= 11 is 1.59. The van der Waals surface area contributed by atoms with Gasteiger partial charge in [0.15, 0.2) is 0 Å². The zero-order chi connectivity index (χ0) is 24.4. The molecule has 176 valence electrons. The Morgan fingerprint density at radius 3 is 2.71 bits per heavy atom. The van der Waals surface area contributed by atoms with Gasteiger partial charge in [-0.2, -0.15) is 0 Å². The van der Waals surface area contributed by atoms with E-state index in [0.29, 0.717) is 24.3 Å². The number of urea groups is 1. The van der Waals surface area contributed by atoms with Gasteiger partial charge >= 0.3 is 6.03 Å². The number of methoxy groups -OCH3 is 1. The van der Waals surface area contributed by atoms with E-state index in [9.17, 15) is 14.4 Å². The van der Waals surface area contributed by atoms with Crippen molar-refractivity contribution in [1.29, 1.82) is 0 Å². The summed E-state index contributed by atoms with van der Waals surface area (Å²) in [4.78, 5) is 42.0. The number of amides is 4. The maximum atomic E-state index is 13.0. The standard InChI is InChI=1S/C26H22N4O4S/c1-34-20-8-6-19-12-30(25(32)21(19)11-20)13-23(29-26(33)27-14-31)17-4-2-16(3-5-17)18-7-9-22-24(10-18)35-15-28-22/h2-11,14-15,23H,12-13H2,1H3,(H2,27,29,31,33)/t23-/m0/s1. The first-order valence-corrected chi connectivity index (χ1v) is 11.8. The molecule has 35 heavy (non-hydrogen) atoms. The number of carbonyl (C=O) groups excluding carboxylic acids is 3. The highest BCUT2D eigenvalue weighted by Gasteiger charge is 2.30. The van der Waals surface area contributed by atoms with Crippen LogP contribution in [0.4, 0.5) is 4.79 Å². The van der Waals surface area contributed by atoms with E-state index in [1.165, 1.54) is 0 Å². The molecule has 0 saturated heterocycles. The summed E-state index contributed by atoms with van der Waals surface area (Å²) in [5.74, 6) is 0.488. The molecule has 4 aromatic rings. The minimum Gasteiger partial charge on any atom is -0.497 e. The molecule has 0 bridgehead atoms. The van der Waals surface area contributed by atoms with E-state index in [2.05, 4.69) is 21.7 Å². The van der Waals surface area contributed by atoms with Gasteiger partial charge in [0.25, 0.3) is 5.91 Å². The number of fused-ring (bicyclic) bond motifs is 2. The molecule has 3 aromatic carbocycles. The van der Waals surface area contributed by atoms with Crippen LogP contribution < -0.4 is 15.4 Å². The lowest BCUT2D eigenvalue weighted by Crippen LogP contribution is -2.42. The second-order valence-corrected chi connectivity index (χ2v) is 9.04. The van der Waals surface area contributed by atoms with Crippen LogP contribution in [0.2, 0.25) is 0 Å². The molecule has 1 atom stereocenters. The Morgan fingerprint density at radius 2 is 1.94 bits per heavy atom. The van der Waals surface area contributed by atoms with Gasteiger partial charge in [-0.15, -0.1) is 11.3 Å². The molecule has 1 aliphatic heterocycles. The van der Waals surface area contributed by atoms with Crippen molar-refractivity contribution in [1.82, 2.24) is 20.5 Å².